The quantitative estimate of drug-likeness (QED) is 0.550. The monoisotopic (exact) mass is 522 g/mol. The molecular weight excluding hydrogens is 493 g/mol. The molecule has 2 aromatic rings. The third-order valence-electron chi connectivity index (χ3n) is 7.95. The van der Waals surface area contributed by atoms with Gasteiger partial charge in [-0.3, -0.25) is 14.7 Å². The number of likely N-dealkylation sites (tertiary alicyclic amines) is 1. The minimum atomic E-state index is -4.67. The minimum Gasteiger partial charge on any atom is -0.481 e. The minimum absolute atomic E-state index is 0.0733. The predicted molar refractivity (Wildman–Crippen MR) is 123 cm³/mol. The molecule has 1 aliphatic heterocycles. The van der Waals surface area contributed by atoms with Gasteiger partial charge in [0.2, 0.25) is 11.8 Å². The number of methoxy groups -OCH3 is 1. The lowest BCUT2D eigenvalue weighted by atomic mass is 9.81. The largest absolute Gasteiger partial charge is 0.481 e. The zero-order valence-electron chi connectivity index (χ0n) is 20.3. The number of rotatable bonds is 5. The number of hydrogen-bond donors (Lipinski definition) is 3. The van der Waals surface area contributed by atoms with Crippen LogP contribution in [0.15, 0.2) is 18.5 Å². The normalized spacial score (nSPS) is 27.1. The molecule has 3 N–H and O–H groups in total. The van der Waals surface area contributed by atoms with Crippen LogP contribution in [0.2, 0.25) is 0 Å². The molecule has 200 valence electrons. The number of aliphatic hydroxyl groups is 1. The van der Waals surface area contributed by atoms with Crippen LogP contribution in [-0.4, -0.2) is 79.0 Å². The highest BCUT2D eigenvalue weighted by atomic mass is 19.4. The van der Waals surface area contributed by atoms with Gasteiger partial charge in [0, 0.05) is 30.1 Å². The second-order valence-electron chi connectivity index (χ2n) is 10.3. The maximum atomic E-state index is 13.3. The molecule has 10 nitrogen and oxygen atoms in total. The molecule has 0 aromatic carbocycles. The summed E-state index contributed by atoms with van der Waals surface area (Å²) in [6, 6.07) is 2.86. The van der Waals surface area contributed by atoms with Gasteiger partial charge in [-0.25, -0.2) is 9.97 Å². The molecule has 0 radical (unpaired) electrons. The third-order valence-corrected chi connectivity index (χ3v) is 7.95. The number of alkyl halides is 3. The van der Waals surface area contributed by atoms with Crippen molar-refractivity contribution in [3.8, 4) is 17.3 Å². The van der Waals surface area contributed by atoms with Crippen LogP contribution < -0.4 is 10.1 Å². The van der Waals surface area contributed by atoms with Crippen molar-refractivity contribution in [3.05, 3.63) is 24.2 Å². The molecule has 3 fully saturated rings. The smallest absolute Gasteiger partial charge is 0.417 e. The molecule has 37 heavy (non-hydrogen) atoms. The second-order valence-corrected chi connectivity index (χ2v) is 10.3. The lowest BCUT2D eigenvalue weighted by Crippen LogP contribution is -2.54. The van der Waals surface area contributed by atoms with Gasteiger partial charge in [0.05, 0.1) is 18.5 Å². The number of piperidine rings is 1. The van der Waals surface area contributed by atoms with E-state index < -0.39 is 36.2 Å². The van der Waals surface area contributed by atoms with Crippen LogP contribution >= 0.6 is 0 Å². The summed E-state index contributed by atoms with van der Waals surface area (Å²) in [5.74, 6) is -0.355. The van der Waals surface area contributed by atoms with Crippen LogP contribution in [0.25, 0.3) is 11.4 Å². The van der Waals surface area contributed by atoms with Crippen LogP contribution in [0.3, 0.4) is 0 Å². The maximum absolute atomic E-state index is 13.3. The predicted octanol–water partition coefficient (Wildman–Crippen LogP) is 2.61. The van der Waals surface area contributed by atoms with Gasteiger partial charge in [0.1, 0.15) is 6.33 Å². The standard InChI is InChI=1S/C24H29F3N6O4/c1-37-19-11-16(28-13-29-19)17-10-18(32-31-17)21(35)33-9-4-14(12-22(33)7-8-22)20(34)30-15-2-5-23(36,6-3-15)24(25,26)27/h10-11,13-15,36H,2-9,12H2,1H3,(H,30,34)(H,31,32)/t14-,15?,23?/m0/s1. The van der Waals surface area contributed by atoms with Gasteiger partial charge in [-0.15, -0.1) is 0 Å². The average molecular weight is 523 g/mol. The van der Waals surface area contributed by atoms with Gasteiger partial charge in [0.15, 0.2) is 11.3 Å². The summed E-state index contributed by atoms with van der Waals surface area (Å²) < 4.78 is 44.3. The molecule has 0 bridgehead atoms. The van der Waals surface area contributed by atoms with Crippen molar-refractivity contribution in [1.29, 1.82) is 0 Å². The van der Waals surface area contributed by atoms with E-state index in [1.807, 2.05) is 0 Å². The lowest BCUT2D eigenvalue weighted by Gasteiger charge is -2.41. The van der Waals surface area contributed by atoms with Crippen molar-refractivity contribution >= 4 is 11.8 Å². The van der Waals surface area contributed by atoms with E-state index in [0.717, 1.165) is 12.8 Å². The molecule has 1 saturated heterocycles. The summed E-state index contributed by atoms with van der Waals surface area (Å²) in [7, 11) is 1.50. The van der Waals surface area contributed by atoms with Crippen molar-refractivity contribution in [1.82, 2.24) is 30.4 Å². The first kappa shape index (κ1) is 25.4. The number of aromatic nitrogens is 4. The van der Waals surface area contributed by atoms with E-state index in [0.29, 0.717) is 36.7 Å². The average Bonchev–Trinajstić information content (AvgIpc) is 3.45. The number of amides is 2. The number of hydrogen-bond acceptors (Lipinski definition) is 7. The first-order chi connectivity index (χ1) is 17.5. The van der Waals surface area contributed by atoms with Gasteiger partial charge in [-0.1, -0.05) is 0 Å². The summed E-state index contributed by atoms with van der Waals surface area (Å²) in [6.07, 6.45) is -1.49. The summed E-state index contributed by atoms with van der Waals surface area (Å²) >= 11 is 0. The number of aromatic amines is 1. The van der Waals surface area contributed by atoms with E-state index in [1.165, 1.54) is 13.4 Å². The number of halogens is 3. The Labute approximate surface area is 211 Å². The van der Waals surface area contributed by atoms with Crippen molar-refractivity contribution in [3.63, 3.8) is 0 Å². The maximum Gasteiger partial charge on any atom is 0.417 e. The van der Waals surface area contributed by atoms with Gasteiger partial charge in [0.25, 0.3) is 5.91 Å². The molecule has 3 aliphatic rings. The molecule has 2 aliphatic carbocycles. The fraction of sp³-hybridized carbons (Fsp3) is 0.625. The zero-order chi connectivity index (χ0) is 26.4. The first-order valence-electron chi connectivity index (χ1n) is 12.4. The molecule has 2 amide bonds. The van der Waals surface area contributed by atoms with Crippen molar-refractivity contribution in [2.45, 2.75) is 74.7 Å². The molecule has 5 rings (SSSR count). The van der Waals surface area contributed by atoms with Crippen molar-refractivity contribution in [2.24, 2.45) is 5.92 Å². The Morgan fingerprint density at radius 1 is 1.16 bits per heavy atom. The Balaban J connectivity index is 1.19. The summed E-state index contributed by atoms with van der Waals surface area (Å²) in [5, 5.41) is 19.8. The van der Waals surface area contributed by atoms with Gasteiger partial charge >= 0.3 is 6.18 Å². The summed E-state index contributed by atoms with van der Waals surface area (Å²) in [6.45, 7) is 0.388. The van der Waals surface area contributed by atoms with Crippen LogP contribution in [0.4, 0.5) is 13.2 Å². The fourth-order valence-corrected chi connectivity index (χ4v) is 5.49. The number of H-pyrrole nitrogens is 1. The Kier molecular flexibility index (Phi) is 6.37. The van der Waals surface area contributed by atoms with Crippen molar-refractivity contribution < 1.29 is 32.6 Å². The Morgan fingerprint density at radius 3 is 2.54 bits per heavy atom. The first-order valence-corrected chi connectivity index (χ1v) is 12.4. The second kappa shape index (κ2) is 9.26. The van der Waals surface area contributed by atoms with E-state index in [9.17, 15) is 27.9 Å². The lowest BCUT2D eigenvalue weighted by molar-refractivity contribution is -0.270. The van der Waals surface area contributed by atoms with Crippen LogP contribution in [0, 0.1) is 5.92 Å². The zero-order valence-corrected chi connectivity index (χ0v) is 20.3. The van der Waals surface area contributed by atoms with Crippen LogP contribution in [-0.2, 0) is 4.79 Å². The van der Waals surface area contributed by atoms with Gasteiger partial charge in [-0.05, 0) is 57.4 Å². The Bertz CT molecular complexity index is 1170. The van der Waals surface area contributed by atoms with Crippen LogP contribution in [0.1, 0.15) is 61.9 Å². The van der Waals surface area contributed by atoms with E-state index >= 15 is 0 Å². The van der Waals surface area contributed by atoms with Crippen molar-refractivity contribution in [2.75, 3.05) is 13.7 Å². The number of carbonyl (C=O) groups excluding carboxylic acids is 2. The topological polar surface area (TPSA) is 133 Å². The highest BCUT2D eigenvalue weighted by Crippen LogP contribution is 2.50. The summed E-state index contributed by atoms with van der Waals surface area (Å²) in [4.78, 5) is 36.2. The van der Waals surface area contributed by atoms with E-state index in [2.05, 4.69) is 25.5 Å². The highest BCUT2D eigenvalue weighted by Gasteiger charge is 2.56. The molecule has 2 aromatic heterocycles. The number of ether oxygens (including phenoxy) is 1. The number of nitrogens with zero attached hydrogens (tertiary/aromatic N) is 4. The molecule has 3 heterocycles. The van der Waals surface area contributed by atoms with E-state index in [1.54, 1.807) is 17.0 Å². The molecule has 2 saturated carbocycles. The SMILES string of the molecule is COc1cc(-c2cc(C(=O)N3CC[C@H](C(=O)NC4CCC(O)(C(F)(F)F)CC4)CC34CC4)n[nH]2)ncn1. The summed E-state index contributed by atoms with van der Waals surface area (Å²) in [5.41, 5.74) is -1.75. The van der Waals surface area contributed by atoms with Gasteiger partial charge in [-0.2, -0.15) is 18.3 Å². The van der Waals surface area contributed by atoms with Crippen LogP contribution in [0.5, 0.6) is 5.88 Å². The molecule has 1 atom stereocenters. The molecule has 1 spiro atoms. The van der Waals surface area contributed by atoms with E-state index in [-0.39, 0.29) is 36.3 Å². The molecule has 0 unspecified atom stereocenters. The highest BCUT2D eigenvalue weighted by molar-refractivity contribution is 5.94. The third kappa shape index (κ3) is 4.88. The number of carbonyl (C=O) groups is 2. The van der Waals surface area contributed by atoms with Gasteiger partial charge < -0.3 is 20.1 Å². The Hall–Kier alpha value is -3.22. The van der Waals surface area contributed by atoms with E-state index in [4.69, 9.17) is 4.74 Å². The Morgan fingerprint density at radius 2 is 1.89 bits per heavy atom. The molecular formula is C24H29F3N6O4. The molecule has 13 heteroatoms. The fourth-order valence-electron chi connectivity index (χ4n) is 5.49. The number of nitrogens with one attached hydrogen (secondary N) is 2.